The van der Waals surface area contributed by atoms with Crippen LogP contribution in [0, 0.1) is 23.1 Å². The lowest BCUT2D eigenvalue weighted by Crippen LogP contribution is -2.39. The van der Waals surface area contributed by atoms with Crippen molar-refractivity contribution in [2.75, 3.05) is 19.6 Å². The Bertz CT molecular complexity index is 669. The van der Waals surface area contributed by atoms with E-state index < -0.39 is 15.8 Å². The molecule has 1 aliphatic heterocycles. The third-order valence-electron chi connectivity index (χ3n) is 3.81. The minimum atomic E-state index is -3.75. The molecule has 1 aromatic carbocycles. The van der Waals surface area contributed by atoms with Crippen LogP contribution >= 0.6 is 0 Å². The van der Waals surface area contributed by atoms with Crippen molar-refractivity contribution in [2.45, 2.75) is 24.8 Å². The summed E-state index contributed by atoms with van der Waals surface area (Å²) in [4.78, 5) is 2.09. The zero-order valence-electron chi connectivity index (χ0n) is 12.0. The van der Waals surface area contributed by atoms with Crippen LogP contribution in [-0.4, -0.2) is 39.0 Å². The Labute approximate surface area is 124 Å². The number of benzene rings is 1. The monoisotopic (exact) mass is 311 g/mol. The third-order valence-corrected chi connectivity index (χ3v) is 5.30. The van der Waals surface area contributed by atoms with Gasteiger partial charge in [0, 0.05) is 19.1 Å². The average Bonchev–Trinajstić information content (AvgIpc) is 2.79. The molecular formula is C14H18FN3O2S. The highest BCUT2D eigenvalue weighted by molar-refractivity contribution is 7.89. The first kappa shape index (κ1) is 15.9. The molecular weight excluding hydrogens is 293 g/mol. The van der Waals surface area contributed by atoms with Crippen molar-refractivity contribution in [3.05, 3.63) is 29.6 Å². The molecule has 2 atom stereocenters. The van der Waals surface area contributed by atoms with Gasteiger partial charge in [-0.1, -0.05) is 13.8 Å². The lowest BCUT2D eigenvalue weighted by Gasteiger charge is -2.17. The molecule has 0 spiro atoms. The maximum Gasteiger partial charge on any atom is 0.240 e. The standard InChI is InChI=1S/C14H18FN3O2S/c1-3-18-8-10(2)14(9-18)17-21(19,20)12-4-5-13(15)11(6-12)7-16/h4-6,10,14,17H,3,8-9H2,1-2H3/t10-,14+/m0/s1. The fraction of sp³-hybridized carbons (Fsp3) is 0.500. The smallest absolute Gasteiger partial charge is 0.240 e. The Morgan fingerprint density at radius 1 is 1.48 bits per heavy atom. The van der Waals surface area contributed by atoms with Gasteiger partial charge in [0.15, 0.2) is 0 Å². The van der Waals surface area contributed by atoms with E-state index in [2.05, 4.69) is 9.62 Å². The molecule has 1 saturated heterocycles. The van der Waals surface area contributed by atoms with E-state index in [1.165, 1.54) is 6.07 Å². The molecule has 7 heteroatoms. The zero-order valence-corrected chi connectivity index (χ0v) is 12.8. The molecule has 1 fully saturated rings. The number of sulfonamides is 1. The van der Waals surface area contributed by atoms with Gasteiger partial charge in [0.05, 0.1) is 10.5 Å². The van der Waals surface area contributed by atoms with Crippen LogP contribution < -0.4 is 4.72 Å². The topological polar surface area (TPSA) is 73.2 Å². The van der Waals surface area contributed by atoms with Crippen molar-refractivity contribution in [3.8, 4) is 6.07 Å². The van der Waals surface area contributed by atoms with E-state index >= 15 is 0 Å². The second kappa shape index (κ2) is 6.10. The van der Waals surface area contributed by atoms with Crippen molar-refractivity contribution in [1.82, 2.24) is 9.62 Å². The minimum Gasteiger partial charge on any atom is -0.302 e. The Morgan fingerprint density at radius 2 is 2.19 bits per heavy atom. The molecule has 0 aliphatic carbocycles. The maximum atomic E-state index is 13.3. The Hall–Kier alpha value is -1.49. The van der Waals surface area contributed by atoms with E-state index in [9.17, 15) is 12.8 Å². The van der Waals surface area contributed by atoms with Gasteiger partial charge >= 0.3 is 0 Å². The first-order valence-corrected chi connectivity index (χ1v) is 8.30. The SMILES string of the molecule is CCN1C[C@H](C)[C@H](NS(=O)(=O)c2ccc(F)c(C#N)c2)C1. The number of nitrogens with zero attached hydrogens (tertiary/aromatic N) is 2. The van der Waals surface area contributed by atoms with E-state index in [-0.39, 0.29) is 22.4 Å². The van der Waals surface area contributed by atoms with Crippen molar-refractivity contribution >= 4 is 10.0 Å². The summed E-state index contributed by atoms with van der Waals surface area (Å²) in [6, 6.07) is 4.72. The Balaban J connectivity index is 2.21. The van der Waals surface area contributed by atoms with Gasteiger partial charge in [-0.2, -0.15) is 5.26 Å². The van der Waals surface area contributed by atoms with Gasteiger partial charge < -0.3 is 4.90 Å². The number of halogens is 1. The average molecular weight is 311 g/mol. The molecule has 21 heavy (non-hydrogen) atoms. The molecule has 1 N–H and O–H groups in total. The summed E-state index contributed by atoms with van der Waals surface area (Å²) in [5.74, 6) is -0.515. The first-order chi connectivity index (χ1) is 9.87. The predicted molar refractivity (Wildman–Crippen MR) is 76.5 cm³/mol. The Morgan fingerprint density at radius 3 is 2.76 bits per heavy atom. The molecule has 0 bridgehead atoms. The van der Waals surface area contributed by atoms with Crippen LogP contribution in [-0.2, 0) is 10.0 Å². The highest BCUT2D eigenvalue weighted by atomic mass is 32.2. The van der Waals surface area contributed by atoms with Crippen LogP contribution in [0.25, 0.3) is 0 Å². The van der Waals surface area contributed by atoms with Gasteiger partial charge in [-0.25, -0.2) is 17.5 Å². The van der Waals surface area contributed by atoms with Crippen LogP contribution in [0.3, 0.4) is 0 Å². The molecule has 0 amide bonds. The second-order valence-corrected chi connectivity index (χ2v) is 7.02. The molecule has 0 saturated carbocycles. The molecule has 5 nitrogen and oxygen atoms in total. The van der Waals surface area contributed by atoms with Crippen LogP contribution in [0.2, 0.25) is 0 Å². The molecule has 1 aromatic rings. The largest absolute Gasteiger partial charge is 0.302 e. The number of nitrogens with one attached hydrogen (secondary N) is 1. The van der Waals surface area contributed by atoms with Crippen LogP contribution in [0.4, 0.5) is 4.39 Å². The molecule has 0 radical (unpaired) electrons. The quantitative estimate of drug-likeness (QED) is 0.910. The van der Waals surface area contributed by atoms with E-state index in [4.69, 9.17) is 5.26 Å². The summed E-state index contributed by atoms with van der Waals surface area (Å²) in [7, 11) is -3.75. The summed E-state index contributed by atoms with van der Waals surface area (Å²) < 4.78 is 40.6. The van der Waals surface area contributed by atoms with Gasteiger partial charge in [0.25, 0.3) is 0 Å². The third kappa shape index (κ3) is 3.40. The van der Waals surface area contributed by atoms with E-state index in [1.54, 1.807) is 6.07 Å². The van der Waals surface area contributed by atoms with Gasteiger partial charge in [0.2, 0.25) is 10.0 Å². The lowest BCUT2D eigenvalue weighted by atomic mass is 10.1. The number of nitriles is 1. The number of rotatable bonds is 4. The summed E-state index contributed by atoms with van der Waals surface area (Å²) in [5, 5.41) is 8.79. The fourth-order valence-electron chi connectivity index (χ4n) is 2.50. The number of hydrogen-bond donors (Lipinski definition) is 1. The van der Waals surface area contributed by atoms with Gasteiger partial charge in [-0.05, 0) is 30.7 Å². The van der Waals surface area contributed by atoms with Crippen molar-refractivity contribution in [3.63, 3.8) is 0 Å². The van der Waals surface area contributed by atoms with Crippen LogP contribution in [0.15, 0.2) is 23.1 Å². The highest BCUT2D eigenvalue weighted by Gasteiger charge is 2.32. The van der Waals surface area contributed by atoms with E-state index in [0.29, 0.717) is 6.54 Å². The van der Waals surface area contributed by atoms with Crippen LogP contribution in [0.1, 0.15) is 19.4 Å². The molecule has 1 aliphatic rings. The highest BCUT2D eigenvalue weighted by Crippen LogP contribution is 2.20. The number of likely N-dealkylation sites (N-methyl/N-ethyl adjacent to an activating group) is 1. The maximum absolute atomic E-state index is 13.3. The van der Waals surface area contributed by atoms with Crippen LogP contribution in [0.5, 0.6) is 0 Å². The molecule has 1 heterocycles. The van der Waals surface area contributed by atoms with Crippen molar-refractivity contribution < 1.29 is 12.8 Å². The zero-order chi connectivity index (χ0) is 15.6. The summed E-state index contributed by atoms with van der Waals surface area (Å²) in [6.07, 6.45) is 0. The molecule has 0 aromatic heterocycles. The summed E-state index contributed by atoms with van der Waals surface area (Å²) in [5.41, 5.74) is -0.271. The van der Waals surface area contributed by atoms with Gasteiger partial charge in [-0.15, -0.1) is 0 Å². The minimum absolute atomic E-state index is 0.0809. The summed E-state index contributed by atoms with van der Waals surface area (Å²) >= 11 is 0. The predicted octanol–water partition coefficient (Wildman–Crippen LogP) is 1.32. The van der Waals surface area contributed by atoms with E-state index in [1.807, 2.05) is 13.8 Å². The van der Waals surface area contributed by atoms with Crippen molar-refractivity contribution in [2.24, 2.45) is 5.92 Å². The second-order valence-electron chi connectivity index (χ2n) is 5.31. The molecule has 114 valence electrons. The lowest BCUT2D eigenvalue weighted by molar-refractivity contribution is 0.344. The summed E-state index contributed by atoms with van der Waals surface area (Å²) in [6.45, 7) is 6.40. The molecule has 2 rings (SSSR count). The first-order valence-electron chi connectivity index (χ1n) is 6.81. The Kier molecular flexibility index (Phi) is 4.61. The van der Waals surface area contributed by atoms with E-state index in [0.717, 1.165) is 25.2 Å². The molecule has 0 unspecified atom stereocenters. The number of hydrogen-bond acceptors (Lipinski definition) is 4. The van der Waals surface area contributed by atoms with Gasteiger partial charge in [-0.3, -0.25) is 0 Å². The number of likely N-dealkylation sites (tertiary alicyclic amines) is 1. The van der Waals surface area contributed by atoms with Gasteiger partial charge in [0.1, 0.15) is 11.9 Å². The fourth-order valence-corrected chi connectivity index (χ4v) is 3.87. The van der Waals surface area contributed by atoms with Crippen molar-refractivity contribution in [1.29, 1.82) is 5.26 Å². The normalized spacial score (nSPS) is 23.1.